The van der Waals surface area contributed by atoms with E-state index in [2.05, 4.69) is 17.5 Å². The highest BCUT2D eigenvalue weighted by Crippen LogP contribution is 2.44. The zero-order valence-electron chi connectivity index (χ0n) is 11.7. The summed E-state index contributed by atoms with van der Waals surface area (Å²) in [7, 11) is 1.49. The van der Waals surface area contributed by atoms with Crippen LogP contribution in [-0.4, -0.2) is 24.1 Å². The smallest absolute Gasteiger partial charge is 0.335 e. The van der Waals surface area contributed by atoms with Gasteiger partial charge in [-0.1, -0.05) is 12.2 Å². The van der Waals surface area contributed by atoms with E-state index in [1.807, 2.05) is 0 Å². The second-order valence-electron chi connectivity index (χ2n) is 5.60. The Hall–Kier alpha value is -2.30. The third-order valence-electron chi connectivity index (χ3n) is 4.32. The molecule has 3 unspecified atom stereocenters. The topological polar surface area (TPSA) is 75.6 Å². The lowest BCUT2D eigenvalue weighted by Gasteiger charge is -2.18. The summed E-state index contributed by atoms with van der Waals surface area (Å²) in [4.78, 5) is 23.4. The van der Waals surface area contributed by atoms with Crippen LogP contribution >= 0.6 is 0 Å². The van der Waals surface area contributed by atoms with Crippen molar-refractivity contribution in [2.75, 3.05) is 12.4 Å². The van der Waals surface area contributed by atoms with E-state index >= 15 is 0 Å². The van der Waals surface area contributed by atoms with Crippen LogP contribution in [0.1, 0.15) is 23.2 Å². The van der Waals surface area contributed by atoms with Crippen molar-refractivity contribution in [1.82, 2.24) is 0 Å². The van der Waals surface area contributed by atoms with Gasteiger partial charge in [-0.3, -0.25) is 4.79 Å². The number of carbonyl (C=O) groups is 2. The van der Waals surface area contributed by atoms with Crippen LogP contribution in [-0.2, 0) is 4.79 Å². The molecule has 2 bridgehead atoms. The van der Waals surface area contributed by atoms with Gasteiger partial charge in [0.05, 0.1) is 18.4 Å². The minimum atomic E-state index is -1.03. The maximum atomic E-state index is 12.4. The van der Waals surface area contributed by atoms with Crippen molar-refractivity contribution < 1.29 is 19.4 Å². The zero-order chi connectivity index (χ0) is 15.0. The lowest BCUT2D eigenvalue weighted by atomic mass is 9.92. The van der Waals surface area contributed by atoms with Gasteiger partial charge in [0.1, 0.15) is 5.75 Å². The van der Waals surface area contributed by atoms with E-state index in [1.165, 1.54) is 19.2 Å². The number of benzene rings is 1. The largest absolute Gasteiger partial charge is 0.495 e. The second kappa shape index (κ2) is 5.24. The van der Waals surface area contributed by atoms with Crippen molar-refractivity contribution in [1.29, 1.82) is 0 Å². The first-order valence-electron chi connectivity index (χ1n) is 6.99. The van der Waals surface area contributed by atoms with Gasteiger partial charge in [-0.2, -0.15) is 0 Å². The van der Waals surface area contributed by atoms with Gasteiger partial charge in [0, 0.05) is 5.92 Å². The summed E-state index contributed by atoms with van der Waals surface area (Å²) in [5, 5.41) is 11.9. The minimum absolute atomic E-state index is 0.0295. The summed E-state index contributed by atoms with van der Waals surface area (Å²) >= 11 is 0. The molecule has 0 saturated heterocycles. The first-order valence-corrected chi connectivity index (χ1v) is 6.99. The average Bonchev–Trinajstić information content (AvgIpc) is 3.09. The van der Waals surface area contributed by atoms with Crippen LogP contribution in [0.5, 0.6) is 5.75 Å². The number of carbonyl (C=O) groups excluding carboxylic acids is 1. The molecule has 0 aliphatic heterocycles. The van der Waals surface area contributed by atoms with Crippen LogP contribution in [0.3, 0.4) is 0 Å². The zero-order valence-corrected chi connectivity index (χ0v) is 11.7. The molecule has 1 aromatic carbocycles. The maximum Gasteiger partial charge on any atom is 0.335 e. The summed E-state index contributed by atoms with van der Waals surface area (Å²) in [6.45, 7) is 0. The number of aromatic carboxylic acids is 1. The van der Waals surface area contributed by atoms with Crippen LogP contribution in [0.2, 0.25) is 0 Å². The first kappa shape index (κ1) is 13.7. The number of methoxy groups -OCH3 is 1. The molecule has 3 atom stereocenters. The van der Waals surface area contributed by atoms with E-state index in [0.717, 1.165) is 12.8 Å². The van der Waals surface area contributed by atoms with Gasteiger partial charge in [-0.15, -0.1) is 0 Å². The lowest BCUT2D eigenvalue weighted by Crippen LogP contribution is -2.26. The van der Waals surface area contributed by atoms with Crippen LogP contribution in [0.25, 0.3) is 0 Å². The molecule has 1 fully saturated rings. The van der Waals surface area contributed by atoms with E-state index in [-0.39, 0.29) is 17.4 Å². The van der Waals surface area contributed by atoms with Crippen molar-refractivity contribution in [2.45, 2.75) is 12.8 Å². The molecule has 2 aliphatic carbocycles. The molecular formula is C16H17NO4. The lowest BCUT2D eigenvalue weighted by molar-refractivity contribution is -0.120. The van der Waals surface area contributed by atoms with Crippen LogP contribution < -0.4 is 10.1 Å². The molecule has 5 nitrogen and oxygen atoms in total. The normalized spacial score (nSPS) is 25.9. The van der Waals surface area contributed by atoms with Crippen molar-refractivity contribution in [3.05, 3.63) is 35.9 Å². The van der Waals surface area contributed by atoms with Crippen LogP contribution in [0.15, 0.2) is 30.4 Å². The summed E-state index contributed by atoms with van der Waals surface area (Å²) in [6, 6.07) is 4.44. The Morgan fingerprint density at radius 1 is 1.29 bits per heavy atom. The number of allylic oxidation sites excluding steroid dienone is 2. The molecule has 5 heteroatoms. The Kier molecular flexibility index (Phi) is 3.41. The molecular weight excluding hydrogens is 270 g/mol. The van der Waals surface area contributed by atoms with Crippen molar-refractivity contribution in [3.8, 4) is 5.75 Å². The maximum absolute atomic E-state index is 12.4. The SMILES string of the molecule is COc1ccc(C(=O)O)cc1NC(=O)C1CC2C=CC1C2. The fourth-order valence-electron chi connectivity index (χ4n) is 3.25. The molecule has 2 N–H and O–H groups in total. The molecule has 0 aromatic heterocycles. The Labute approximate surface area is 122 Å². The molecule has 3 rings (SSSR count). The van der Waals surface area contributed by atoms with Crippen LogP contribution in [0.4, 0.5) is 5.69 Å². The van der Waals surface area contributed by atoms with Crippen molar-refractivity contribution in [2.24, 2.45) is 17.8 Å². The highest BCUT2D eigenvalue weighted by atomic mass is 16.5. The number of amides is 1. The minimum Gasteiger partial charge on any atom is -0.495 e. The number of hydrogen-bond donors (Lipinski definition) is 2. The molecule has 1 aromatic rings. The number of carboxylic acids is 1. The quantitative estimate of drug-likeness (QED) is 0.834. The van der Waals surface area contributed by atoms with E-state index in [9.17, 15) is 9.59 Å². The number of nitrogens with one attached hydrogen (secondary N) is 1. The van der Waals surface area contributed by atoms with Gasteiger partial charge in [0.2, 0.25) is 5.91 Å². The Bertz CT molecular complexity index is 623. The third-order valence-corrected chi connectivity index (χ3v) is 4.32. The van der Waals surface area contributed by atoms with E-state index in [1.54, 1.807) is 6.07 Å². The first-order chi connectivity index (χ1) is 10.1. The number of carboxylic acid groups (broad SMARTS) is 1. The molecule has 1 amide bonds. The van der Waals surface area contributed by atoms with Gasteiger partial charge in [-0.05, 0) is 42.9 Å². The highest BCUT2D eigenvalue weighted by Gasteiger charge is 2.39. The van der Waals surface area contributed by atoms with E-state index < -0.39 is 5.97 Å². The number of anilines is 1. The van der Waals surface area contributed by atoms with Gasteiger partial charge < -0.3 is 15.2 Å². The fraction of sp³-hybridized carbons (Fsp3) is 0.375. The van der Waals surface area contributed by atoms with Gasteiger partial charge in [0.25, 0.3) is 0 Å². The Balaban J connectivity index is 1.80. The number of hydrogen-bond acceptors (Lipinski definition) is 3. The molecule has 1 saturated carbocycles. The monoisotopic (exact) mass is 287 g/mol. The molecule has 2 aliphatic rings. The molecule has 0 spiro atoms. The predicted octanol–water partition coefficient (Wildman–Crippen LogP) is 2.54. The van der Waals surface area contributed by atoms with E-state index in [0.29, 0.717) is 23.3 Å². The molecule has 110 valence electrons. The van der Waals surface area contributed by atoms with Gasteiger partial charge in [-0.25, -0.2) is 4.79 Å². The third kappa shape index (κ3) is 2.51. The van der Waals surface area contributed by atoms with Gasteiger partial charge in [0.15, 0.2) is 0 Å². The molecule has 0 heterocycles. The number of rotatable bonds is 4. The Morgan fingerprint density at radius 3 is 2.67 bits per heavy atom. The van der Waals surface area contributed by atoms with Crippen LogP contribution in [0, 0.1) is 17.8 Å². The molecule has 0 radical (unpaired) electrons. The van der Waals surface area contributed by atoms with E-state index in [4.69, 9.17) is 9.84 Å². The van der Waals surface area contributed by atoms with Crippen molar-refractivity contribution in [3.63, 3.8) is 0 Å². The predicted molar refractivity (Wildman–Crippen MR) is 77.4 cm³/mol. The fourth-order valence-corrected chi connectivity index (χ4v) is 3.25. The standard InChI is InChI=1S/C16H17NO4/c1-21-14-5-4-11(16(19)20)8-13(14)17-15(18)12-7-9-2-3-10(12)6-9/h2-5,8-10,12H,6-7H2,1H3,(H,17,18)(H,19,20). The summed E-state index contributed by atoms with van der Waals surface area (Å²) in [5.74, 6) is 0.163. The van der Waals surface area contributed by atoms with Crippen molar-refractivity contribution >= 4 is 17.6 Å². The highest BCUT2D eigenvalue weighted by molar-refractivity contribution is 5.97. The summed E-state index contributed by atoms with van der Waals surface area (Å²) < 4.78 is 5.18. The summed E-state index contributed by atoms with van der Waals surface area (Å²) in [5.41, 5.74) is 0.535. The average molecular weight is 287 g/mol. The number of fused-ring (bicyclic) bond motifs is 2. The summed E-state index contributed by atoms with van der Waals surface area (Å²) in [6.07, 6.45) is 6.21. The molecule has 21 heavy (non-hydrogen) atoms. The van der Waals surface area contributed by atoms with Gasteiger partial charge >= 0.3 is 5.97 Å². The number of ether oxygens (including phenoxy) is 1. The Morgan fingerprint density at radius 2 is 2.10 bits per heavy atom. The second-order valence-corrected chi connectivity index (χ2v) is 5.60.